The van der Waals surface area contributed by atoms with Gasteiger partial charge in [-0.25, -0.2) is 0 Å². The summed E-state index contributed by atoms with van der Waals surface area (Å²) in [6.45, 7) is 3.11. The fourth-order valence-corrected chi connectivity index (χ4v) is 6.03. The maximum absolute atomic E-state index is 13.5. The molecule has 1 heterocycles. The molecule has 5 rings (SSSR count). The number of nitrogens with two attached hydrogens (primary N) is 1. The molecule has 3 aliphatic rings. The Morgan fingerprint density at radius 3 is 2.36 bits per heavy atom. The molecular weight excluding hydrogens is 514 g/mol. The van der Waals surface area contributed by atoms with Crippen LogP contribution in [-0.2, 0) is 14.3 Å². The monoisotopic (exact) mass is 543 g/mol. The van der Waals surface area contributed by atoms with Crippen LogP contribution in [0.3, 0.4) is 0 Å². The maximum atomic E-state index is 13.5. The van der Waals surface area contributed by atoms with Crippen molar-refractivity contribution in [3.63, 3.8) is 0 Å². The van der Waals surface area contributed by atoms with Gasteiger partial charge in [-0.3, -0.25) is 14.4 Å². The Morgan fingerprint density at radius 1 is 1.10 bits per heavy atom. The van der Waals surface area contributed by atoms with E-state index in [1.807, 2.05) is 0 Å². The van der Waals surface area contributed by atoms with Crippen molar-refractivity contribution in [2.45, 2.75) is 75.3 Å². The number of phenolic OH excluding ortho intramolecular Hbond substituents is 3. The number of aliphatic hydroxyl groups excluding tert-OH is 1. The zero-order valence-electron chi connectivity index (χ0n) is 21.1. The number of carboxylic acid groups (broad SMARTS) is 1. The highest BCUT2D eigenvalue weighted by atomic mass is 16.7. The van der Waals surface area contributed by atoms with Gasteiger partial charge < -0.3 is 45.8 Å². The van der Waals surface area contributed by atoms with Crippen molar-refractivity contribution >= 4 is 17.5 Å². The van der Waals surface area contributed by atoms with Gasteiger partial charge in [-0.15, -0.1) is 0 Å². The van der Waals surface area contributed by atoms with Crippen molar-refractivity contribution in [3.8, 4) is 17.2 Å². The standard InChI is InChI=1S/C27H29NO11/c1-3-27(37)8-13(39-14-7-11(28)21(30)9(2)38-14)16-17(20(27)26(35)36)25(34)18-19(24(16)33)23(32)15-10(22(18)31)5-4-6-12(15)29/h4-6,9,11,13-14,20-21,29-30,33-34,37H,3,7-8,28H2,1-2H3,(H,35,36). The van der Waals surface area contributed by atoms with E-state index in [4.69, 9.17) is 15.2 Å². The molecule has 0 aromatic heterocycles. The first-order chi connectivity index (χ1) is 18.3. The van der Waals surface area contributed by atoms with Crippen LogP contribution in [0.4, 0.5) is 0 Å². The lowest BCUT2D eigenvalue weighted by Crippen LogP contribution is -2.52. The number of phenols is 3. The van der Waals surface area contributed by atoms with E-state index in [1.165, 1.54) is 25.1 Å². The van der Waals surface area contributed by atoms with Crippen LogP contribution >= 0.6 is 0 Å². The quantitative estimate of drug-likeness (QED) is 0.231. The van der Waals surface area contributed by atoms with Crippen LogP contribution in [0.1, 0.15) is 88.1 Å². The third kappa shape index (κ3) is 3.90. The highest BCUT2D eigenvalue weighted by Crippen LogP contribution is 2.57. The first-order valence-electron chi connectivity index (χ1n) is 12.5. The van der Waals surface area contributed by atoms with Crippen molar-refractivity contribution in [2.75, 3.05) is 0 Å². The van der Waals surface area contributed by atoms with Crippen molar-refractivity contribution in [1.29, 1.82) is 0 Å². The van der Waals surface area contributed by atoms with Gasteiger partial charge in [0.25, 0.3) is 0 Å². The Bertz CT molecular complexity index is 1390. The summed E-state index contributed by atoms with van der Waals surface area (Å²) in [4.78, 5) is 39.4. The SMILES string of the molecule is CCC1(O)CC(OC2CC(N)C(O)C(C)O2)c2c(O)c3c(c(O)c2C1C(=O)O)C(=O)c1cccc(O)c1C3=O. The summed E-state index contributed by atoms with van der Waals surface area (Å²) in [5.41, 5.74) is 1.39. The minimum absolute atomic E-state index is 0.0145. The molecule has 2 aromatic rings. The van der Waals surface area contributed by atoms with Crippen molar-refractivity contribution in [3.05, 3.63) is 51.6 Å². The summed E-state index contributed by atoms with van der Waals surface area (Å²) in [6.07, 6.45) is -4.56. The molecule has 1 aliphatic heterocycles. The lowest BCUT2D eigenvalue weighted by Gasteiger charge is -2.45. The Labute approximate surface area is 222 Å². The molecule has 39 heavy (non-hydrogen) atoms. The number of carbonyl (C=O) groups is 3. The summed E-state index contributed by atoms with van der Waals surface area (Å²) in [6, 6.07) is 3.04. The summed E-state index contributed by atoms with van der Waals surface area (Å²) >= 11 is 0. The lowest BCUT2D eigenvalue weighted by atomic mass is 9.66. The minimum Gasteiger partial charge on any atom is -0.507 e. The molecule has 1 fully saturated rings. The Kier molecular flexibility index (Phi) is 6.43. The van der Waals surface area contributed by atoms with Crippen LogP contribution in [0.25, 0.3) is 0 Å². The Hall–Kier alpha value is -3.55. The molecule has 0 radical (unpaired) electrons. The molecule has 12 nitrogen and oxygen atoms in total. The van der Waals surface area contributed by atoms with Gasteiger partial charge in [0.2, 0.25) is 5.78 Å². The number of aliphatic hydroxyl groups is 2. The van der Waals surface area contributed by atoms with E-state index in [-0.39, 0.29) is 36.0 Å². The number of benzene rings is 2. The van der Waals surface area contributed by atoms with Crippen LogP contribution in [-0.4, -0.2) is 78.3 Å². The van der Waals surface area contributed by atoms with Gasteiger partial charge in [0.05, 0.1) is 40.6 Å². The van der Waals surface area contributed by atoms with Crippen molar-refractivity contribution < 1.29 is 54.5 Å². The first-order valence-corrected chi connectivity index (χ1v) is 12.5. The predicted octanol–water partition coefficient (Wildman–Crippen LogP) is 1.17. The number of ketones is 2. The Balaban J connectivity index is 1.75. The number of ether oxygens (including phenoxy) is 2. The maximum Gasteiger partial charge on any atom is 0.314 e. The Morgan fingerprint density at radius 2 is 1.74 bits per heavy atom. The summed E-state index contributed by atoms with van der Waals surface area (Å²) < 4.78 is 11.8. The topological polar surface area (TPSA) is 217 Å². The average molecular weight is 544 g/mol. The molecule has 1 saturated heterocycles. The molecule has 12 heteroatoms. The highest BCUT2D eigenvalue weighted by Gasteiger charge is 2.54. The summed E-state index contributed by atoms with van der Waals surface area (Å²) in [5.74, 6) is -7.41. The van der Waals surface area contributed by atoms with Gasteiger partial charge in [0.15, 0.2) is 12.1 Å². The second-order valence-corrected chi connectivity index (χ2v) is 10.4. The van der Waals surface area contributed by atoms with Gasteiger partial charge in [-0.05, 0) is 19.4 Å². The number of fused-ring (bicyclic) bond motifs is 3. The van der Waals surface area contributed by atoms with E-state index in [0.29, 0.717) is 0 Å². The van der Waals surface area contributed by atoms with Crippen LogP contribution in [0.15, 0.2) is 18.2 Å². The van der Waals surface area contributed by atoms with E-state index in [9.17, 15) is 45.0 Å². The van der Waals surface area contributed by atoms with Crippen LogP contribution in [0.5, 0.6) is 17.2 Å². The van der Waals surface area contributed by atoms with Crippen molar-refractivity contribution in [1.82, 2.24) is 0 Å². The molecule has 0 bridgehead atoms. The molecule has 0 spiro atoms. The number of hydrogen-bond acceptors (Lipinski definition) is 11. The molecule has 8 N–H and O–H groups in total. The molecule has 0 saturated carbocycles. The van der Waals surface area contributed by atoms with E-state index in [0.717, 1.165) is 0 Å². The smallest absolute Gasteiger partial charge is 0.314 e. The molecule has 2 aliphatic carbocycles. The fraction of sp³-hybridized carbons (Fsp3) is 0.444. The number of carbonyl (C=O) groups excluding carboxylic acids is 2. The molecule has 2 aromatic carbocycles. The number of rotatable bonds is 4. The lowest BCUT2D eigenvalue weighted by molar-refractivity contribution is -0.248. The van der Waals surface area contributed by atoms with E-state index < -0.39 is 93.6 Å². The van der Waals surface area contributed by atoms with Crippen LogP contribution in [0, 0.1) is 0 Å². The van der Waals surface area contributed by atoms with E-state index >= 15 is 0 Å². The van der Waals surface area contributed by atoms with Crippen LogP contribution in [0.2, 0.25) is 0 Å². The van der Waals surface area contributed by atoms with E-state index in [1.54, 1.807) is 6.92 Å². The summed E-state index contributed by atoms with van der Waals surface area (Å²) in [5, 5.41) is 65.0. The predicted molar refractivity (Wildman–Crippen MR) is 132 cm³/mol. The first kappa shape index (κ1) is 27.0. The third-order valence-electron chi connectivity index (χ3n) is 8.11. The molecule has 7 atom stereocenters. The fourth-order valence-electron chi connectivity index (χ4n) is 6.03. The van der Waals surface area contributed by atoms with Gasteiger partial charge >= 0.3 is 5.97 Å². The third-order valence-corrected chi connectivity index (χ3v) is 8.11. The molecular formula is C27H29NO11. The molecule has 7 unspecified atom stereocenters. The second kappa shape index (κ2) is 9.28. The molecule has 208 valence electrons. The summed E-state index contributed by atoms with van der Waals surface area (Å²) in [7, 11) is 0. The zero-order valence-corrected chi connectivity index (χ0v) is 21.1. The average Bonchev–Trinajstić information content (AvgIpc) is 2.87. The molecule has 0 amide bonds. The minimum atomic E-state index is -2.00. The normalized spacial score (nSPS) is 31.8. The van der Waals surface area contributed by atoms with E-state index in [2.05, 4.69) is 0 Å². The van der Waals surface area contributed by atoms with Gasteiger partial charge in [-0.2, -0.15) is 0 Å². The van der Waals surface area contributed by atoms with Gasteiger partial charge in [0, 0.05) is 35.6 Å². The second-order valence-electron chi connectivity index (χ2n) is 10.4. The van der Waals surface area contributed by atoms with Gasteiger partial charge in [0.1, 0.15) is 23.2 Å². The largest absolute Gasteiger partial charge is 0.507 e. The van der Waals surface area contributed by atoms with Gasteiger partial charge in [-0.1, -0.05) is 19.1 Å². The zero-order chi connectivity index (χ0) is 28.5. The number of hydrogen-bond donors (Lipinski definition) is 7. The number of aliphatic carboxylic acids is 1. The van der Waals surface area contributed by atoms with Crippen molar-refractivity contribution in [2.24, 2.45) is 5.73 Å². The number of carboxylic acids is 1. The number of aromatic hydroxyl groups is 3. The highest BCUT2D eigenvalue weighted by molar-refractivity contribution is 6.31. The van der Waals surface area contributed by atoms with Crippen LogP contribution < -0.4 is 5.73 Å².